The van der Waals surface area contributed by atoms with E-state index in [1.165, 1.54) is 0 Å². The molecule has 0 N–H and O–H groups in total. The molecule has 1 aromatic rings. The van der Waals surface area contributed by atoms with Crippen molar-refractivity contribution in [2.75, 3.05) is 24.5 Å². The summed E-state index contributed by atoms with van der Waals surface area (Å²) in [4.78, 5) is 25.7. The first-order valence-corrected chi connectivity index (χ1v) is 7.96. The lowest BCUT2D eigenvalue weighted by molar-refractivity contribution is -0.139. The molecule has 2 fully saturated rings. The molecule has 1 atom stereocenters. The summed E-state index contributed by atoms with van der Waals surface area (Å²) in [6.45, 7) is 6.75. The second-order valence-corrected chi connectivity index (χ2v) is 6.55. The van der Waals surface area contributed by atoms with Crippen LogP contribution in [0.25, 0.3) is 0 Å². The van der Waals surface area contributed by atoms with Crippen molar-refractivity contribution in [1.82, 2.24) is 14.9 Å². The van der Waals surface area contributed by atoms with E-state index >= 15 is 0 Å². The smallest absolute Gasteiger partial charge is 0.225 e. The van der Waals surface area contributed by atoms with Crippen LogP contribution in [-0.4, -0.2) is 45.9 Å². The Balaban J connectivity index is 1.82. The van der Waals surface area contributed by atoms with Crippen molar-refractivity contribution >= 4 is 11.9 Å². The predicted octanol–water partition coefficient (Wildman–Crippen LogP) is 2.09. The summed E-state index contributed by atoms with van der Waals surface area (Å²) in [7, 11) is 0. The normalized spacial score (nSPS) is 25.9. The second-order valence-electron chi connectivity index (χ2n) is 6.55. The number of likely N-dealkylation sites (tertiary alicyclic amines) is 1. The fourth-order valence-corrected chi connectivity index (χ4v) is 3.76. The number of rotatable bonds is 2. The number of carbonyl (C=O) groups is 1. The Hall–Kier alpha value is -1.65. The van der Waals surface area contributed by atoms with Gasteiger partial charge in [-0.25, -0.2) is 9.97 Å². The zero-order valence-electron chi connectivity index (χ0n) is 13.0. The summed E-state index contributed by atoms with van der Waals surface area (Å²) in [6, 6.07) is 1.84. The van der Waals surface area contributed by atoms with Crippen LogP contribution in [0.5, 0.6) is 0 Å². The van der Waals surface area contributed by atoms with Crippen molar-refractivity contribution in [3.8, 4) is 0 Å². The van der Waals surface area contributed by atoms with Crippen LogP contribution in [-0.2, 0) is 4.79 Å². The molecule has 3 heterocycles. The van der Waals surface area contributed by atoms with E-state index in [4.69, 9.17) is 0 Å². The largest absolute Gasteiger partial charge is 0.338 e. The summed E-state index contributed by atoms with van der Waals surface area (Å²) in [5.41, 5.74) is -0.00119. The van der Waals surface area contributed by atoms with Gasteiger partial charge in [0.15, 0.2) is 0 Å². The maximum atomic E-state index is 12.5. The van der Waals surface area contributed by atoms with Gasteiger partial charge in [-0.2, -0.15) is 0 Å². The van der Waals surface area contributed by atoms with Crippen molar-refractivity contribution in [1.29, 1.82) is 0 Å². The summed E-state index contributed by atoms with van der Waals surface area (Å²) in [5, 5.41) is 0. The van der Waals surface area contributed by atoms with Crippen LogP contribution in [0.4, 0.5) is 5.95 Å². The molecule has 0 saturated carbocycles. The fraction of sp³-hybridized carbons (Fsp3) is 0.688. The summed E-state index contributed by atoms with van der Waals surface area (Å²) >= 11 is 0. The molecule has 2 aliphatic heterocycles. The number of carbonyl (C=O) groups excluding carboxylic acids is 1. The minimum Gasteiger partial charge on any atom is -0.338 e. The van der Waals surface area contributed by atoms with Crippen molar-refractivity contribution in [2.24, 2.45) is 5.92 Å². The monoisotopic (exact) mass is 288 g/mol. The first-order valence-electron chi connectivity index (χ1n) is 7.96. The topological polar surface area (TPSA) is 49.3 Å². The van der Waals surface area contributed by atoms with Crippen LogP contribution in [0.1, 0.15) is 39.5 Å². The highest BCUT2D eigenvalue weighted by Gasteiger charge is 2.46. The van der Waals surface area contributed by atoms with E-state index in [1.807, 2.05) is 19.9 Å². The fourth-order valence-electron chi connectivity index (χ4n) is 3.76. The Kier molecular flexibility index (Phi) is 3.83. The zero-order chi connectivity index (χ0) is 14.9. The molecule has 114 valence electrons. The maximum Gasteiger partial charge on any atom is 0.225 e. The first-order chi connectivity index (χ1) is 10.1. The van der Waals surface area contributed by atoms with Gasteiger partial charge in [0.2, 0.25) is 11.9 Å². The molecule has 0 radical (unpaired) electrons. The summed E-state index contributed by atoms with van der Waals surface area (Å²) < 4.78 is 0. The molecule has 1 aromatic heterocycles. The van der Waals surface area contributed by atoms with Gasteiger partial charge in [0, 0.05) is 37.9 Å². The van der Waals surface area contributed by atoms with Gasteiger partial charge in [-0.05, 0) is 31.7 Å². The molecular weight excluding hydrogens is 264 g/mol. The van der Waals surface area contributed by atoms with Gasteiger partial charge in [0.05, 0.1) is 5.54 Å². The predicted molar refractivity (Wildman–Crippen MR) is 82.0 cm³/mol. The Morgan fingerprint density at radius 2 is 1.86 bits per heavy atom. The molecule has 2 saturated heterocycles. The quantitative estimate of drug-likeness (QED) is 0.836. The summed E-state index contributed by atoms with van der Waals surface area (Å²) in [5.74, 6) is 1.16. The van der Waals surface area contributed by atoms with E-state index in [0.29, 0.717) is 5.91 Å². The molecule has 3 rings (SSSR count). The highest BCUT2D eigenvalue weighted by molar-refractivity contribution is 5.79. The van der Waals surface area contributed by atoms with Gasteiger partial charge in [-0.1, -0.05) is 13.8 Å². The lowest BCUT2D eigenvalue weighted by Gasteiger charge is -2.46. The van der Waals surface area contributed by atoms with Gasteiger partial charge >= 0.3 is 0 Å². The van der Waals surface area contributed by atoms with Gasteiger partial charge in [-0.15, -0.1) is 0 Å². The molecule has 0 bridgehead atoms. The lowest BCUT2D eigenvalue weighted by Crippen LogP contribution is -2.58. The van der Waals surface area contributed by atoms with E-state index in [0.717, 1.165) is 51.3 Å². The Bertz CT molecular complexity index is 504. The van der Waals surface area contributed by atoms with Crippen LogP contribution >= 0.6 is 0 Å². The third kappa shape index (κ3) is 2.61. The van der Waals surface area contributed by atoms with E-state index in [9.17, 15) is 4.79 Å². The highest BCUT2D eigenvalue weighted by Crippen LogP contribution is 2.38. The Morgan fingerprint density at radius 3 is 2.52 bits per heavy atom. The van der Waals surface area contributed by atoms with E-state index in [2.05, 4.69) is 19.8 Å². The average Bonchev–Trinajstić information content (AvgIpc) is 2.90. The molecule has 2 aliphatic rings. The standard InChI is InChI=1S/C16H24N4O/c1-13(2)14(21)20-11-4-7-16(20)6-3-10-19(12-16)15-17-8-5-9-18-15/h5,8-9,13H,3-4,6-7,10-12H2,1-2H3. The van der Waals surface area contributed by atoms with Gasteiger partial charge in [-0.3, -0.25) is 4.79 Å². The SMILES string of the molecule is CC(C)C(=O)N1CCCC12CCCN(c1ncccn1)C2. The zero-order valence-corrected chi connectivity index (χ0v) is 13.0. The highest BCUT2D eigenvalue weighted by atomic mass is 16.2. The molecule has 1 spiro atoms. The number of nitrogens with zero attached hydrogens (tertiary/aromatic N) is 4. The van der Waals surface area contributed by atoms with Crippen LogP contribution in [0.2, 0.25) is 0 Å². The molecule has 0 aliphatic carbocycles. The number of hydrogen-bond donors (Lipinski definition) is 0. The van der Waals surface area contributed by atoms with E-state index < -0.39 is 0 Å². The lowest BCUT2D eigenvalue weighted by atomic mass is 9.86. The van der Waals surface area contributed by atoms with Crippen molar-refractivity contribution in [3.05, 3.63) is 18.5 Å². The van der Waals surface area contributed by atoms with E-state index in [-0.39, 0.29) is 11.5 Å². The van der Waals surface area contributed by atoms with Crippen LogP contribution in [0.3, 0.4) is 0 Å². The molecule has 1 unspecified atom stereocenters. The third-order valence-corrected chi connectivity index (χ3v) is 4.75. The number of aromatic nitrogens is 2. The minimum atomic E-state index is -0.00119. The molecule has 0 aromatic carbocycles. The van der Waals surface area contributed by atoms with Crippen LogP contribution < -0.4 is 4.90 Å². The minimum absolute atomic E-state index is 0.00119. The van der Waals surface area contributed by atoms with Crippen LogP contribution in [0, 0.1) is 5.92 Å². The summed E-state index contributed by atoms with van der Waals surface area (Å²) in [6.07, 6.45) is 8.00. The van der Waals surface area contributed by atoms with Crippen molar-refractivity contribution in [3.63, 3.8) is 0 Å². The average molecular weight is 288 g/mol. The first kappa shape index (κ1) is 14.3. The number of piperidine rings is 1. The van der Waals surface area contributed by atoms with E-state index in [1.54, 1.807) is 12.4 Å². The van der Waals surface area contributed by atoms with Gasteiger partial charge in [0.25, 0.3) is 0 Å². The molecular formula is C16H24N4O. The number of hydrogen-bond acceptors (Lipinski definition) is 4. The number of anilines is 1. The van der Waals surface area contributed by atoms with Crippen molar-refractivity contribution in [2.45, 2.75) is 45.1 Å². The molecule has 21 heavy (non-hydrogen) atoms. The number of amides is 1. The Morgan fingerprint density at radius 1 is 1.19 bits per heavy atom. The van der Waals surface area contributed by atoms with Gasteiger partial charge in [0.1, 0.15) is 0 Å². The van der Waals surface area contributed by atoms with Gasteiger partial charge < -0.3 is 9.80 Å². The van der Waals surface area contributed by atoms with Crippen molar-refractivity contribution < 1.29 is 4.79 Å². The molecule has 5 nitrogen and oxygen atoms in total. The Labute approximate surface area is 126 Å². The molecule has 1 amide bonds. The van der Waals surface area contributed by atoms with Crippen LogP contribution in [0.15, 0.2) is 18.5 Å². The second kappa shape index (κ2) is 5.62. The maximum absolute atomic E-state index is 12.5. The molecule has 5 heteroatoms. The third-order valence-electron chi connectivity index (χ3n) is 4.75.